The van der Waals surface area contributed by atoms with Crippen LogP contribution in [-0.2, 0) is 22.6 Å². The van der Waals surface area contributed by atoms with Gasteiger partial charge in [-0.1, -0.05) is 48.2 Å². The summed E-state index contributed by atoms with van der Waals surface area (Å²) in [6.07, 6.45) is 1.69. The Kier molecular flexibility index (Phi) is 8.58. The zero-order valence-corrected chi connectivity index (χ0v) is 19.7. The van der Waals surface area contributed by atoms with E-state index in [0.29, 0.717) is 28.8 Å². The third-order valence-corrected chi connectivity index (χ3v) is 5.81. The van der Waals surface area contributed by atoms with Crippen molar-refractivity contribution in [2.75, 3.05) is 18.2 Å². The van der Waals surface area contributed by atoms with Crippen LogP contribution in [0.15, 0.2) is 66.3 Å². The normalized spacial score (nSPS) is 10.4. The molecular formula is C24H25N5O4S. The number of methoxy groups -OCH3 is 1. The van der Waals surface area contributed by atoms with E-state index in [1.807, 2.05) is 25.1 Å². The number of anilines is 1. The second kappa shape index (κ2) is 11.8. The first kappa shape index (κ1) is 24.7. The van der Waals surface area contributed by atoms with Gasteiger partial charge in [-0.2, -0.15) is 0 Å². The molecule has 0 unspecified atom stereocenters. The molecule has 0 aliphatic carbocycles. The lowest BCUT2D eigenvalue weighted by Crippen LogP contribution is -2.25. The summed E-state index contributed by atoms with van der Waals surface area (Å²) < 4.78 is 6.53. The number of benzene rings is 2. The number of thioether (sulfide) groups is 1. The van der Waals surface area contributed by atoms with Crippen molar-refractivity contribution in [1.29, 1.82) is 0 Å². The summed E-state index contributed by atoms with van der Waals surface area (Å²) in [5.41, 5.74) is 2.11. The van der Waals surface area contributed by atoms with Crippen molar-refractivity contribution in [3.63, 3.8) is 0 Å². The third kappa shape index (κ3) is 6.10. The standard InChI is InChI=1S/C24H25N5O4S/c1-4-13-29-20(14-25-22(31)17-10-6-5-9-16(17)2)27-28-24(29)34-15-21(30)26-19-12-8-7-11-18(19)23(32)33-3/h4-12H,1,13-15H2,2-3H3,(H,25,31)(H,26,30). The van der Waals surface area contributed by atoms with Crippen LogP contribution in [-0.4, -0.2) is 45.4 Å². The van der Waals surface area contributed by atoms with Gasteiger partial charge in [0.1, 0.15) is 0 Å². The van der Waals surface area contributed by atoms with Crippen LogP contribution >= 0.6 is 11.8 Å². The summed E-state index contributed by atoms with van der Waals surface area (Å²) in [4.78, 5) is 36.9. The largest absolute Gasteiger partial charge is 0.465 e. The van der Waals surface area contributed by atoms with Crippen molar-refractivity contribution in [3.8, 4) is 0 Å². The van der Waals surface area contributed by atoms with Crippen LogP contribution in [0.2, 0.25) is 0 Å². The van der Waals surface area contributed by atoms with Gasteiger partial charge < -0.3 is 19.9 Å². The molecule has 0 aliphatic heterocycles. The molecule has 10 heteroatoms. The molecule has 0 bridgehead atoms. The minimum Gasteiger partial charge on any atom is -0.465 e. The Morgan fingerprint density at radius 1 is 1.09 bits per heavy atom. The molecule has 34 heavy (non-hydrogen) atoms. The molecule has 0 fully saturated rings. The molecule has 176 valence electrons. The van der Waals surface area contributed by atoms with Gasteiger partial charge in [-0.25, -0.2) is 4.79 Å². The van der Waals surface area contributed by atoms with Crippen LogP contribution in [0.3, 0.4) is 0 Å². The second-order valence-corrected chi connectivity index (χ2v) is 8.11. The Bertz CT molecular complexity index is 1210. The molecule has 1 heterocycles. The summed E-state index contributed by atoms with van der Waals surface area (Å²) in [5.74, 6) is -0.471. The van der Waals surface area contributed by atoms with Gasteiger partial charge in [0, 0.05) is 12.1 Å². The first-order valence-electron chi connectivity index (χ1n) is 10.4. The van der Waals surface area contributed by atoms with Crippen LogP contribution < -0.4 is 10.6 Å². The number of aryl methyl sites for hydroxylation is 1. The molecule has 0 radical (unpaired) electrons. The van der Waals surface area contributed by atoms with E-state index in [1.165, 1.54) is 18.9 Å². The first-order chi connectivity index (χ1) is 16.4. The molecule has 2 aromatic carbocycles. The molecule has 2 N–H and O–H groups in total. The van der Waals surface area contributed by atoms with Gasteiger partial charge >= 0.3 is 5.97 Å². The number of aromatic nitrogens is 3. The quantitative estimate of drug-likeness (QED) is 0.261. The molecule has 3 rings (SSSR count). The maximum Gasteiger partial charge on any atom is 0.339 e. The number of amides is 2. The topological polar surface area (TPSA) is 115 Å². The van der Waals surface area contributed by atoms with Crippen LogP contribution in [0, 0.1) is 6.92 Å². The average Bonchev–Trinajstić information content (AvgIpc) is 3.23. The number of hydrogen-bond donors (Lipinski definition) is 2. The highest BCUT2D eigenvalue weighted by Crippen LogP contribution is 2.20. The second-order valence-electron chi connectivity index (χ2n) is 7.17. The predicted octanol–water partition coefficient (Wildman–Crippen LogP) is 3.22. The van der Waals surface area contributed by atoms with E-state index >= 15 is 0 Å². The van der Waals surface area contributed by atoms with Crippen molar-refractivity contribution in [1.82, 2.24) is 20.1 Å². The fraction of sp³-hybridized carbons (Fsp3) is 0.208. The van der Waals surface area contributed by atoms with E-state index in [2.05, 4.69) is 27.4 Å². The van der Waals surface area contributed by atoms with Gasteiger partial charge in [0.05, 0.1) is 30.7 Å². The highest BCUT2D eigenvalue weighted by Gasteiger charge is 2.17. The molecule has 9 nitrogen and oxygen atoms in total. The number of para-hydroxylation sites is 1. The molecule has 1 aromatic heterocycles. The Morgan fingerprint density at radius 2 is 1.79 bits per heavy atom. The highest BCUT2D eigenvalue weighted by molar-refractivity contribution is 7.99. The smallest absolute Gasteiger partial charge is 0.339 e. The predicted molar refractivity (Wildman–Crippen MR) is 130 cm³/mol. The molecule has 3 aromatic rings. The van der Waals surface area contributed by atoms with Gasteiger partial charge in [-0.3, -0.25) is 9.59 Å². The number of carbonyl (C=O) groups excluding carboxylic acids is 3. The number of nitrogens with one attached hydrogen (secondary N) is 2. The van der Waals surface area contributed by atoms with E-state index in [9.17, 15) is 14.4 Å². The maximum absolute atomic E-state index is 12.5. The van der Waals surface area contributed by atoms with Gasteiger partial charge in [0.25, 0.3) is 5.91 Å². The van der Waals surface area contributed by atoms with E-state index in [0.717, 1.165) is 5.56 Å². The third-order valence-electron chi connectivity index (χ3n) is 4.84. The van der Waals surface area contributed by atoms with Crippen molar-refractivity contribution < 1.29 is 19.1 Å². The Hall–Kier alpha value is -3.92. The fourth-order valence-corrected chi connectivity index (χ4v) is 3.91. The summed E-state index contributed by atoms with van der Waals surface area (Å²) in [7, 11) is 1.28. The van der Waals surface area contributed by atoms with Crippen molar-refractivity contribution >= 4 is 35.2 Å². The summed E-state index contributed by atoms with van der Waals surface area (Å²) in [6.45, 7) is 6.22. The Labute approximate surface area is 201 Å². The SMILES string of the molecule is C=CCn1c(CNC(=O)c2ccccc2C)nnc1SCC(=O)Nc1ccccc1C(=O)OC. The highest BCUT2D eigenvalue weighted by atomic mass is 32.2. The minimum absolute atomic E-state index is 0.0420. The molecule has 0 saturated heterocycles. The van der Waals surface area contributed by atoms with Crippen LogP contribution in [0.4, 0.5) is 5.69 Å². The van der Waals surface area contributed by atoms with Crippen LogP contribution in [0.5, 0.6) is 0 Å². The van der Waals surface area contributed by atoms with Crippen molar-refractivity contribution in [2.45, 2.75) is 25.2 Å². The zero-order valence-electron chi connectivity index (χ0n) is 18.9. The number of esters is 1. The van der Waals surface area contributed by atoms with Crippen molar-refractivity contribution in [2.24, 2.45) is 0 Å². The van der Waals surface area contributed by atoms with Crippen LogP contribution in [0.25, 0.3) is 0 Å². The van der Waals surface area contributed by atoms with E-state index in [1.54, 1.807) is 41.0 Å². The summed E-state index contributed by atoms with van der Waals surface area (Å²) in [6, 6.07) is 13.9. The number of hydrogen-bond acceptors (Lipinski definition) is 7. The van der Waals surface area contributed by atoms with Crippen molar-refractivity contribution in [3.05, 3.63) is 83.7 Å². The lowest BCUT2D eigenvalue weighted by molar-refractivity contribution is -0.113. The molecule has 0 aliphatic rings. The minimum atomic E-state index is -0.535. The van der Waals surface area contributed by atoms with Gasteiger partial charge in [-0.15, -0.1) is 16.8 Å². The van der Waals surface area contributed by atoms with Gasteiger partial charge in [-0.05, 0) is 30.7 Å². The Balaban J connectivity index is 1.64. The van der Waals surface area contributed by atoms with E-state index in [4.69, 9.17) is 4.74 Å². The van der Waals surface area contributed by atoms with Crippen LogP contribution in [0.1, 0.15) is 32.1 Å². The molecular weight excluding hydrogens is 454 g/mol. The Morgan fingerprint density at radius 3 is 2.50 bits per heavy atom. The number of allylic oxidation sites excluding steroid dienone is 1. The van der Waals surface area contributed by atoms with E-state index in [-0.39, 0.29) is 29.7 Å². The lowest BCUT2D eigenvalue weighted by atomic mass is 10.1. The number of nitrogens with zero attached hydrogens (tertiary/aromatic N) is 3. The molecule has 0 saturated carbocycles. The zero-order chi connectivity index (χ0) is 24.5. The average molecular weight is 480 g/mol. The fourth-order valence-electron chi connectivity index (χ4n) is 3.15. The maximum atomic E-state index is 12.5. The van der Waals surface area contributed by atoms with Gasteiger partial charge in [0.15, 0.2) is 11.0 Å². The summed E-state index contributed by atoms with van der Waals surface area (Å²) in [5, 5.41) is 14.4. The molecule has 0 spiro atoms. The van der Waals surface area contributed by atoms with E-state index < -0.39 is 5.97 Å². The van der Waals surface area contributed by atoms with Gasteiger partial charge in [0.2, 0.25) is 5.91 Å². The number of ether oxygens (including phenoxy) is 1. The lowest BCUT2D eigenvalue weighted by Gasteiger charge is -2.11. The first-order valence-corrected chi connectivity index (χ1v) is 11.4. The number of rotatable bonds is 10. The molecule has 2 amide bonds. The summed E-state index contributed by atoms with van der Waals surface area (Å²) >= 11 is 1.19. The monoisotopic (exact) mass is 479 g/mol. The number of carbonyl (C=O) groups is 3. The molecule has 0 atom stereocenters.